The van der Waals surface area contributed by atoms with E-state index in [-0.39, 0.29) is 18.1 Å². The summed E-state index contributed by atoms with van der Waals surface area (Å²) in [4.78, 5) is 3.95. The van der Waals surface area contributed by atoms with Gasteiger partial charge in [0, 0.05) is 24.7 Å². The van der Waals surface area contributed by atoms with Gasteiger partial charge in [0.05, 0.1) is 23.3 Å². The molecule has 0 amide bonds. The molecule has 1 aliphatic heterocycles. The molecule has 0 spiro atoms. The fourth-order valence-corrected chi connectivity index (χ4v) is 3.08. The van der Waals surface area contributed by atoms with E-state index in [1.165, 1.54) is 0 Å². The highest BCUT2D eigenvalue weighted by molar-refractivity contribution is 6.31. The maximum atomic E-state index is 10.4. The van der Waals surface area contributed by atoms with Crippen molar-refractivity contribution in [3.63, 3.8) is 0 Å². The minimum Gasteiger partial charge on any atom is -0.392 e. The summed E-state index contributed by atoms with van der Waals surface area (Å²) >= 11 is 6.07. The van der Waals surface area contributed by atoms with Gasteiger partial charge in [-0.1, -0.05) is 18.5 Å². The average molecular weight is 270 g/mol. The van der Waals surface area contributed by atoms with E-state index in [1.807, 2.05) is 13.0 Å². The molecule has 0 saturated carbocycles. The van der Waals surface area contributed by atoms with Gasteiger partial charge in [0.2, 0.25) is 0 Å². The van der Waals surface area contributed by atoms with Gasteiger partial charge in [-0.25, -0.2) is 0 Å². The van der Waals surface area contributed by atoms with Crippen molar-refractivity contribution in [2.45, 2.75) is 45.5 Å². The zero-order chi connectivity index (χ0) is 13.3. The monoisotopic (exact) mass is 269 g/mol. The third kappa shape index (κ3) is 2.68. The number of hydrogen-bond donors (Lipinski definition) is 1. The van der Waals surface area contributed by atoms with Gasteiger partial charge in [-0.3, -0.25) is 4.98 Å². The van der Waals surface area contributed by atoms with Crippen molar-refractivity contribution in [2.24, 2.45) is 11.8 Å². The molecule has 1 aromatic heterocycles. The van der Waals surface area contributed by atoms with E-state index in [2.05, 4.69) is 18.8 Å². The lowest BCUT2D eigenvalue weighted by molar-refractivity contribution is 0.0240. The molecule has 0 aromatic carbocycles. The van der Waals surface area contributed by atoms with Crippen LogP contribution in [0.2, 0.25) is 5.02 Å². The molecule has 1 aliphatic rings. The normalized spacial score (nSPS) is 33.6. The van der Waals surface area contributed by atoms with Crippen molar-refractivity contribution in [3.05, 3.63) is 29.0 Å². The van der Waals surface area contributed by atoms with E-state index < -0.39 is 6.10 Å². The fourth-order valence-electron chi connectivity index (χ4n) is 2.89. The van der Waals surface area contributed by atoms with E-state index in [9.17, 15) is 5.11 Å². The van der Waals surface area contributed by atoms with Crippen molar-refractivity contribution in [2.75, 3.05) is 0 Å². The van der Waals surface area contributed by atoms with Crippen LogP contribution in [0, 0.1) is 11.8 Å². The summed E-state index contributed by atoms with van der Waals surface area (Å²) in [7, 11) is 0. The summed E-state index contributed by atoms with van der Waals surface area (Å²) in [6.45, 7) is 6.23. The molecule has 2 rings (SSSR count). The van der Waals surface area contributed by atoms with E-state index in [0.717, 1.165) is 5.56 Å². The van der Waals surface area contributed by atoms with Crippen molar-refractivity contribution in [3.8, 4) is 0 Å². The Labute approximate surface area is 113 Å². The quantitative estimate of drug-likeness (QED) is 0.917. The highest BCUT2D eigenvalue weighted by Crippen LogP contribution is 2.35. The Kier molecular flexibility index (Phi) is 4.25. The Balaban J connectivity index is 2.08. The van der Waals surface area contributed by atoms with Gasteiger partial charge in [0.25, 0.3) is 0 Å². The Morgan fingerprint density at radius 1 is 1.39 bits per heavy atom. The van der Waals surface area contributed by atoms with Gasteiger partial charge in [0.1, 0.15) is 0 Å². The lowest BCUT2D eigenvalue weighted by Crippen LogP contribution is -2.32. The van der Waals surface area contributed by atoms with Gasteiger partial charge in [0.15, 0.2) is 0 Å². The molecule has 2 heterocycles. The Bertz CT molecular complexity index is 413. The predicted octanol–water partition coefficient (Wildman–Crippen LogP) is 2.70. The minimum atomic E-state index is -0.431. The topological polar surface area (TPSA) is 42.4 Å². The first-order valence-electron chi connectivity index (χ1n) is 6.42. The standard InChI is InChI=1S/C14H20ClNO2/c1-8-9(2)18-10(3)14(8)13(17)6-11-4-5-16-7-12(11)15/h4-5,7-10,13-14,17H,6H2,1-3H3. The zero-order valence-corrected chi connectivity index (χ0v) is 11.8. The predicted molar refractivity (Wildman–Crippen MR) is 71.6 cm³/mol. The van der Waals surface area contributed by atoms with Crippen molar-refractivity contribution in [1.29, 1.82) is 0 Å². The van der Waals surface area contributed by atoms with E-state index in [0.29, 0.717) is 17.4 Å². The Hall–Kier alpha value is -0.640. The number of pyridine rings is 1. The van der Waals surface area contributed by atoms with Crippen LogP contribution in [0.4, 0.5) is 0 Å². The molecule has 0 bridgehead atoms. The van der Waals surface area contributed by atoms with Crippen molar-refractivity contribution in [1.82, 2.24) is 4.98 Å². The van der Waals surface area contributed by atoms with Crippen LogP contribution in [-0.4, -0.2) is 28.4 Å². The fraction of sp³-hybridized carbons (Fsp3) is 0.643. The number of ether oxygens (including phenoxy) is 1. The van der Waals surface area contributed by atoms with Crippen LogP contribution in [0.15, 0.2) is 18.5 Å². The minimum absolute atomic E-state index is 0.0885. The summed E-state index contributed by atoms with van der Waals surface area (Å²) in [5.41, 5.74) is 0.943. The molecule has 0 aliphatic carbocycles. The Morgan fingerprint density at radius 2 is 2.11 bits per heavy atom. The Morgan fingerprint density at radius 3 is 2.67 bits per heavy atom. The number of rotatable bonds is 3. The number of aliphatic hydroxyl groups is 1. The maximum Gasteiger partial charge on any atom is 0.0637 e. The molecule has 0 radical (unpaired) electrons. The molecule has 18 heavy (non-hydrogen) atoms. The molecule has 3 nitrogen and oxygen atoms in total. The van der Waals surface area contributed by atoms with E-state index in [1.54, 1.807) is 12.4 Å². The van der Waals surface area contributed by atoms with Crippen LogP contribution in [0.1, 0.15) is 26.3 Å². The molecule has 100 valence electrons. The van der Waals surface area contributed by atoms with Gasteiger partial charge < -0.3 is 9.84 Å². The van der Waals surface area contributed by atoms with Crippen LogP contribution < -0.4 is 0 Å². The molecule has 5 unspecified atom stereocenters. The lowest BCUT2D eigenvalue weighted by Gasteiger charge is -2.25. The van der Waals surface area contributed by atoms with Crippen LogP contribution in [0.25, 0.3) is 0 Å². The third-order valence-corrected chi connectivity index (χ3v) is 4.39. The first kappa shape index (κ1) is 13.8. The van der Waals surface area contributed by atoms with Crippen molar-refractivity contribution < 1.29 is 9.84 Å². The lowest BCUT2D eigenvalue weighted by atomic mass is 9.83. The third-order valence-electron chi connectivity index (χ3n) is 4.05. The first-order chi connectivity index (χ1) is 8.50. The van der Waals surface area contributed by atoms with Gasteiger partial charge in [-0.05, 0) is 31.4 Å². The molecule has 1 aromatic rings. The number of nitrogens with zero attached hydrogens (tertiary/aromatic N) is 1. The average Bonchev–Trinajstić information content (AvgIpc) is 2.56. The van der Waals surface area contributed by atoms with Crippen LogP contribution >= 0.6 is 11.6 Å². The highest BCUT2D eigenvalue weighted by atomic mass is 35.5. The SMILES string of the molecule is CC1OC(C)C(C(O)Cc2ccncc2Cl)C1C. The molecule has 1 fully saturated rings. The number of aliphatic hydroxyl groups excluding tert-OH is 1. The summed E-state index contributed by atoms with van der Waals surface area (Å²) in [5, 5.41) is 11.0. The summed E-state index contributed by atoms with van der Waals surface area (Å²) in [5.74, 6) is 0.514. The molecular weight excluding hydrogens is 250 g/mol. The number of hydrogen-bond acceptors (Lipinski definition) is 3. The smallest absolute Gasteiger partial charge is 0.0637 e. The van der Waals surface area contributed by atoms with E-state index >= 15 is 0 Å². The summed E-state index contributed by atoms with van der Waals surface area (Å²) in [6, 6.07) is 1.86. The zero-order valence-electron chi connectivity index (χ0n) is 11.0. The summed E-state index contributed by atoms with van der Waals surface area (Å²) < 4.78 is 5.77. The summed E-state index contributed by atoms with van der Waals surface area (Å²) in [6.07, 6.45) is 3.73. The second kappa shape index (κ2) is 5.55. The van der Waals surface area contributed by atoms with Gasteiger partial charge in [-0.2, -0.15) is 0 Å². The first-order valence-corrected chi connectivity index (χ1v) is 6.80. The number of halogens is 1. The van der Waals surface area contributed by atoms with E-state index in [4.69, 9.17) is 16.3 Å². The van der Waals surface area contributed by atoms with Crippen LogP contribution in [0.3, 0.4) is 0 Å². The maximum absolute atomic E-state index is 10.4. The largest absolute Gasteiger partial charge is 0.392 e. The van der Waals surface area contributed by atoms with Crippen LogP contribution in [0.5, 0.6) is 0 Å². The highest BCUT2D eigenvalue weighted by Gasteiger charge is 2.41. The second-order valence-electron chi connectivity index (χ2n) is 5.22. The van der Waals surface area contributed by atoms with Crippen LogP contribution in [-0.2, 0) is 11.2 Å². The van der Waals surface area contributed by atoms with Crippen molar-refractivity contribution >= 4 is 11.6 Å². The molecule has 4 heteroatoms. The molecule has 1 saturated heterocycles. The van der Waals surface area contributed by atoms with Gasteiger partial charge in [-0.15, -0.1) is 0 Å². The van der Waals surface area contributed by atoms with Gasteiger partial charge >= 0.3 is 0 Å². The molecule has 1 N–H and O–H groups in total. The number of aromatic nitrogens is 1. The second-order valence-corrected chi connectivity index (χ2v) is 5.63. The molecule has 5 atom stereocenters. The molecular formula is C14H20ClNO2.